The van der Waals surface area contributed by atoms with Crippen LogP contribution in [-0.4, -0.2) is 44.2 Å². The summed E-state index contributed by atoms with van der Waals surface area (Å²) in [6.07, 6.45) is 1.81. The normalized spacial score (nSPS) is 13.1. The highest BCUT2D eigenvalue weighted by Crippen LogP contribution is 2.32. The van der Waals surface area contributed by atoms with Crippen molar-refractivity contribution in [2.24, 2.45) is 0 Å². The number of ether oxygens (including phenoxy) is 3. The molecule has 1 aromatic carbocycles. The Morgan fingerprint density at radius 1 is 1.21 bits per heavy atom. The number of aromatic nitrogens is 1. The van der Waals surface area contributed by atoms with Crippen LogP contribution in [0.25, 0.3) is 11.0 Å². The minimum Gasteiger partial charge on any atom is -0.486 e. The minimum absolute atomic E-state index is 0.203. The molecule has 3 aromatic rings. The van der Waals surface area contributed by atoms with Crippen LogP contribution in [0.2, 0.25) is 0 Å². The molecule has 0 saturated carbocycles. The number of nitrogens with zero attached hydrogens (tertiary/aromatic N) is 1. The molecule has 0 bridgehead atoms. The highest BCUT2D eigenvalue weighted by Gasteiger charge is 2.20. The average molecular weight is 382 g/mol. The zero-order chi connectivity index (χ0) is 19.5. The van der Waals surface area contributed by atoms with E-state index in [-0.39, 0.29) is 11.5 Å². The Hall–Kier alpha value is -2.90. The molecule has 2 aromatic heterocycles. The van der Waals surface area contributed by atoms with Gasteiger partial charge in [-0.1, -0.05) is 0 Å². The third kappa shape index (κ3) is 3.58. The first-order valence-corrected chi connectivity index (χ1v) is 9.19. The van der Waals surface area contributed by atoms with Gasteiger partial charge in [0.05, 0.1) is 12.3 Å². The number of benzene rings is 1. The van der Waals surface area contributed by atoms with Crippen molar-refractivity contribution in [1.29, 1.82) is 0 Å². The van der Waals surface area contributed by atoms with Crippen LogP contribution in [0, 0.1) is 6.92 Å². The average Bonchev–Trinajstić information content (AvgIpc) is 3.18. The van der Waals surface area contributed by atoms with Crippen LogP contribution in [0.4, 0.5) is 0 Å². The Morgan fingerprint density at radius 2 is 2.04 bits per heavy atom. The van der Waals surface area contributed by atoms with Crippen LogP contribution in [0.3, 0.4) is 0 Å². The highest BCUT2D eigenvalue weighted by atomic mass is 16.6. The van der Waals surface area contributed by atoms with Crippen molar-refractivity contribution in [1.82, 2.24) is 10.3 Å². The Kier molecular flexibility index (Phi) is 5.27. The molecule has 1 aliphatic heterocycles. The first-order chi connectivity index (χ1) is 13.7. The van der Waals surface area contributed by atoms with E-state index in [4.69, 9.17) is 18.6 Å². The fourth-order valence-electron chi connectivity index (χ4n) is 3.18. The predicted molar refractivity (Wildman–Crippen MR) is 103 cm³/mol. The van der Waals surface area contributed by atoms with E-state index >= 15 is 0 Å². The van der Waals surface area contributed by atoms with Crippen LogP contribution < -0.4 is 14.8 Å². The van der Waals surface area contributed by atoms with E-state index in [0.717, 1.165) is 23.2 Å². The molecule has 0 amide bonds. The fraction of sp³-hybridized carbons (Fsp3) is 0.333. The summed E-state index contributed by atoms with van der Waals surface area (Å²) in [5, 5.41) is 4.18. The Labute approximate surface area is 162 Å². The lowest BCUT2D eigenvalue weighted by atomic mass is 10.1. The molecule has 0 aliphatic carbocycles. The maximum Gasteiger partial charge on any atom is 0.228 e. The molecule has 1 aliphatic rings. The summed E-state index contributed by atoms with van der Waals surface area (Å²) in [5.74, 6) is 1.30. The van der Waals surface area contributed by atoms with Crippen molar-refractivity contribution in [3.8, 4) is 11.5 Å². The summed E-state index contributed by atoms with van der Waals surface area (Å²) < 4.78 is 22.0. The second-order valence-electron chi connectivity index (χ2n) is 6.58. The zero-order valence-electron chi connectivity index (χ0n) is 15.9. The van der Waals surface area contributed by atoms with Crippen LogP contribution in [0.15, 0.2) is 34.9 Å². The monoisotopic (exact) mass is 382 g/mol. The Morgan fingerprint density at radius 3 is 2.86 bits per heavy atom. The topological polar surface area (TPSA) is 82.8 Å². The van der Waals surface area contributed by atoms with E-state index in [9.17, 15) is 4.79 Å². The van der Waals surface area contributed by atoms with Gasteiger partial charge in [-0.2, -0.15) is 0 Å². The van der Waals surface area contributed by atoms with Crippen molar-refractivity contribution in [3.63, 3.8) is 0 Å². The number of fused-ring (bicyclic) bond motifs is 2. The molecule has 7 nitrogen and oxygen atoms in total. The predicted octanol–water partition coefficient (Wildman–Crippen LogP) is 2.87. The van der Waals surface area contributed by atoms with Gasteiger partial charge in [0.25, 0.3) is 0 Å². The SMILES string of the molecule is COCCNCc1cnc(C)c2oc(C(=O)c3ccc4c(c3)OCCO4)cc12. The van der Waals surface area contributed by atoms with Crippen molar-refractivity contribution in [2.45, 2.75) is 13.5 Å². The number of nitrogens with one attached hydrogen (secondary N) is 1. The van der Waals surface area contributed by atoms with Gasteiger partial charge >= 0.3 is 0 Å². The molecule has 3 heterocycles. The highest BCUT2D eigenvalue weighted by molar-refractivity contribution is 6.09. The molecule has 4 rings (SSSR count). The molecule has 0 unspecified atom stereocenters. The van der Waals surface area contributed by atoms with Crippen LogP contribution in [0.5, 0.6) is 11.5 Å². The van der Waals surface area contributed by atoms with Gasteiger partial charge in [0.1, 0.15) is 13.2 Å². The van der Waals surface area contributed by atoms with E-state index in [0.29, 0.717) is 49.0 Å². The lowest BCUT2D eigenvalue weighted by Gasteiger charge is -2.18. The number of hydrogen-bond donors (Lipinski definition) is 1. The molecule has 0 atom stereocenters. The molecular weight excluding hydrogens is 360 g/mol. The van der Waals surface area contributed by atoms with Crippen molar-refractivity contribution in [2.75, 3.05) is 33.5 Å². The van der Waals surface area contributed by atoms with Gasteiger partial charge in [-0.3, -0.25) is 9.78 Å². The number of ketones is 1. The number of aryl methyl sites for hydroxylation is 1. The summed E-state index contributed by atoms with van der Waals surface area (Å²) in [5.41, 5.74) is 2.85. The Bertz CT molecular complexity index is 1010. The Balaban J connectivity index is 1.63. The summed E-state index contributed by atoms with van der Waals surface area (Å²) >= 11 is 0. The number of carbonyl (C=O) groups is 1. The lowest BCUT2D eigenvalue weighted by molar-refractivity contribution is 0.101. The molecule has 0 spiro atoms. The van der Waals surface area contributed by atoms with Crippen LogP contribution >= 0.6 is 0 Å². The largest absolute Gasteiger partial charge is 0.486 e. The number of carbonyl (C=O) groups excluding carboxylic acids is 1. The first-order valence-electron chi connectivity index (χ1n) is 9.19. The molecule has 28 heavy (non-hydrogen) atoms. The number of furan rings is 1. The van der Waals surface area contributed by atoms with Gasteiger partial charge in [-0.15, -0.1) is 0 Å². The number of hydrogen-bond acceptors (Lipinski definition) is 7. The molecule has 146 valence electrons. The molecule has 1 N–H and O–H groups in total. The van der Waals surface area contributed by atoms with Crippen molar-refractivity contribution in [3.05, 3.63) is 53.0 Å². The van der Waals surface area contributed by atoms with Gasteiger partial charge in [0.15, 0.2) is 22.8 Å². The summed E-state index contributed by atoms with van der Waals surface area (Å²) in [7, 11) is 1.67. The van der Waals surface area contributed by atoms with E-state index in [1.807, 2.05) is 13.1 Å². The number of methoxy groups -OCH3 is 1. The summed E-state index contributed by atoms with van der Waals surface area (Å²) in [6, 6.07) is 6.96. The molecule has 7 heteroatoms. The maximum atomic E-state index is 13.0. The van der Waals surface area contributed by atoms with Gasteiger partial charge in [0.2, 0.25) is 5.78 Å². The van der Waals surface area contributed by atoms with Crippen LogP contribution in [-0.2, 0) is 11.3 Å². The van der Waals surface area contributed by atoms with Crippen molar-refractivity contribution >= 4 is 16.8 Å². The van der Waals surface area contributed by atoms with Gasteiger partial charge in [-0.05, 0) is 36.8 Å². The smallest absolute Gasteiger partial charge is 0.228 e. The van der Waals surface area contributed by atoms with E-state index in [1.165, 1.54) is 0 Å². The summed E-state index contributed by atoms with van der Waals surface area (Å²) in [6.45, 7) is 4.82. The van der Waals surface area contributed by atoms with E-state index < -0.39 is 0 Å². The van der Waals surface area contributed by atoms with Crippen molar-refractivity contribution < 1.29 is 23.4 Å². The zero-order valence-corrected chi connectivity index (χ0v) is 15.9. The third-order valence-electron chi connectivity index (χ3n) is 4.65. The second-order valence-corrected chi connectivity index (χ2v) is 6.58. The maximum absolute atomic E-state index is 13.0. The molecular formula is C21H22N2O5. The molecule has 0 saturated heterocycles. The van der Waals surface area contributed by atoms with Crippen LogP contribution in [0.1, 0.15) is 27.4 Å². The van der Waals surface area contributed by atoms with E-state index in [1.54, 1.807) is 31.4 Å². The number of rotatable bonds is 7. The quantitative estimate of drug-likeness (QED) is 0.497. The second kappa shape index (κ2) is 8.00. The first kappa shape index (κ1) is 18.5. The third-order valence-corrected chi connectivity index (χ3v) is 4.65. The molecule has 0 radical (unpaired) electrons. The minimum atomic E-state index is -0.203. The summed E-state index contributed by atoms with van der Waals surface area (Å²) in [4.78, 5) is 17.4. The standard InChI is InChI=1S/C21H22N2O5/c1-13-21-16(15(12-23-13)11-22-5-6-25-2)10-19(28-21)20(24)14-3-4-17-18(9-14)27-8-7-26-17/h3-4,9-10,12,22H,5-8,11H2,1-2H3. The van der Waals surface area contributed by atoms with Gasteiger partial charge in [0, 0.05) is 37.3 Å². The van der Waals surface area contributed by atoms with Gasteiger partial charge in [-0.25, -0.2) is 0 Å². The number of pyridine rings is 1. The van der Waals surface area contributed by atoms with Gasteiger partial charge < -0.3 is 23.9 Å². The lowest BCUT2D eigenvalue weighted by Crippen LogP contribution is -2.18. The van der Waals surface area contributed by atoms with E-state index in [2.05, 4.69) is 10.3 Å². The fourth-order valence-corrected chi connectivity index (χ4v) is 3.18. The molecule has 0 fully saturated rings.